The van der Waals surface area contributed by atoms with Gasteiger partial charge in [0.1, 0.15) is 6.10 Å². The largest absolute Gasteiger partial charge is 0.457 e. The van der Waals surface area contributed by atoms with Crippen molar-refractivity contribution in [1.29, 1.82) is 0 Å². The number of carbonyl (C=O) groups is 2. The molecule has 9 heteroatoms. The molecule has 178 valence electrons. The molecular formula is C24H28F3N3O3. The Bertz CT molecular complexity index is 1000. The number of aromatic nitrogens is 1. The van der Waals surface area contributed by atoms with Crippen LogP contribution in [0.3, 0.4) is 0 Å². The third-order valence-corrected chi connectivity index (χ3v) is 7.66. The van der Waals surface area contributed by atoms with Crippen LogP contribution in [-0.4, -0.2) is 58.4 Å². The highest BCUT2D eigenvalue weighted by Crippen LogP contribution is 2.38. The van der Waals surface area contributed by atoms with E-state index in [-0.39, 0.29) is 24.5 Å². The molecule has 4 aliphatic rings. The van der Waals surface area contributed by atoms with Crippen molar-refractivity contribution in [2.45, 2.75) is 70.3 Å². The zero-order valence-corrected chi connectivity index (χ0v) is 18.7. The number of hydrogen-bond donors (Lipinski definition) is 0. The summed E-state index contributed by atoms with van der Waals surface area (Å²) >= 11 is 0. The Morgan fingerprint density at radius 2 is 1.94 bits per heavy atom. The van der Waals surface area contributed by atoms with Crippen molar-refractivity contribution in [3.8, 4) is 0 Å². The number of amides is 1. The Labute approximate surface area is 190 Å². The maximum atomic E-state index is 13.6. The molecule has 1 saturated carbocycles. The molecule has 2 unspecified atom stereocenters. The Hall–Kier alpha value is -2.42. The van der Waals surface area contributed by atoms with Gasteiger partial charge in [0.15, 0.2) is 0 Å². The van der Waals surface area contributed by atoms with Gasteiger partial charge in [-0.15, -0.1) is 0 Å². The second-order valence-corrected chi connectivity index (χ2v) is 9.62. The molecule has 4 heterocycles. The molecular weight excluding hydrogens is 435 g/mol. The van der Waals surface area contributed by atoms with Crippen molar-refractivity contribution in [1.82, 2.24) is 14.8 Å². The van der Waals surface area contributed by atoms with Gasteiger partial charge in [0.25, 0.3) is 5.91 Å². The summed E-state index contributed by atoms with van der Waals surface area (Å²) in [7, 11) is 0. The highest BCUT2D eigenvalue weighted by molar-refractivity contribution is 6.04. The zero-order valence-electron chi connectivity index (χ0n) is 18.7. The summed E-state index contributed by atoms with van der Waals surface area (Å²) < 4.78 is 45.2. The SMILES string of the molecule is CC1=C(C(=O)N2CCc3ncc(C(F)(F)F)cc3C2)C2CCN(C3CCCC3)CC2OC1=O. The van der Waals surface area contributed by atoms with Crippen LogP contribution in [0, 0.1) is 5.92 Å². The Kier molecular flexibility index (Phi) is 5.71. The molecule has 1 saturated heterocycles. The number of piperidine rings is 1. The van der Waals surface area contributed by atoms with Crippen LogP contribution in [0.1, 0.15) is 55.8 Å². The second-order valence-electron chi connectivity index (χ2n) is 9.62. The number of fused-ring (bicyclic) bond motifs is 2. The average Bonchev–Trinajstić information content (AvgIpc) is 3.33. The van der Waals surface area contributed by atoms with Gasteiger partial charge in [0, 0.05) is 61.1 Å². The van der Waals surface area contributed by atoms with Gasteiger partial charge in [-0.05, 0) is 44.4 Å². The number of rotatable bonds is 2. The first kappa shape index (κ1) is 22.4. The molecule has 1 aliphatic carbocycles. The van der Waals surface area contributed by atoms with Crippen LogP contribution in [0.2, 0.25) is 0 Å². The monoisotopic (exact) mass is 463 g/mol. The molecule has 0 N–H and O–H groups in total. The molecule has 1 amide bonds. The number of carbonyl (C=O) groups excluding carboxylic acids is 2. The smallest absolute Gasteiger partial charge is 0.417 e. The van der Waals surface area contributed by atoms with Crippen LogP contribution in [0.25, 0.3) is 0 Å². The molecule has 0 spiro atoms. The number of alkyl halides is 3. The van der Waals surface area contributed by atoms with E-state index in [1.165, 1.54) is 12.8 Å². The van der Waals surface area contributed by atoms with Gasteiger partial charge in [-0.3, -0.25) is 14.7 Å². The number of ether oxygens (including phenoxy) is 1. The highest BCUT2D eigenvalue weighted by atomic mass is 19.4. The van der Waals surface area contributed by atoms with E-state index >= 15 is 0 Å². The summed E-state index contributed by atoms with van der Waals surface area (Å²) in [6.07, 6.45) is 1.89. The van der Waals surface area contributed by atoms with Crippen molar-refractivity contribution in [3.05, 3.63) is 40.2 Å². The summed E-state index contributed by atoms with van der Waals surface area (Å²) in [6, 6.07) is 1.60. The first-order chi connectivity index (χ1) is 15.7. The first-order valence-corrected chi connectivity index (χ1v) is 11.7. The lowest BCUT2D eigenvalue weighted by molar-refractivity contribution is -0.154. The van der Waals surface area contributed by atoms with Crippen LogP contribution in [0.5, 0.6) is 0 Å². The predicted octanol–water partition coefficient (Wildman–Crippen LogP) is 3.49. The van der Waals surface area contributed by atoms with E-state index in [9.17, 15) is 22.8 Å². The number of nitrogens with zero attached hydrogens (tertiary/aromatic N) is 3. The molecule has 33 heavy (non-hydrogen) atoms. The summed E-state index contributed by atoms with van der Waals surface area (Å²) in [6.45, 7) is 3.53. The number of hydrogen-bond acceptors (Lipinski definition) is 5. The van der Waals surface area contributed by atoms with Crippen LogP contribution in [0.4, 0.5) is 13.2 Å². The molecule has 0 bridgehead atoms. The van der Waals surface area contributed by atoms with Gasteiger partial charge < -0.3 is 9.64 Å². The maximum absolute atomic E-state index is 13.6. The van der Waals surface area contributed by atoms with E-state index in [1.807, 2.05) is 0 Å². The fourth-order valence-corrected chi connectivity index (χ4v) is 5.85. The molecule has 0 radical (unpaired) electrons. The number of esters is 1. The van der Waals surface area contributed by atoms with E-state index < -0.39 is 17.7 Å². The van der Waals surface area contributed by atoms with E-state index in [0.717, 1.165) is 38.1 Å². The molecule has 3 aliphatic heterocycles. The molecule has 6 nitrogen and oxygen atoms in total. The van der Waals surface area contributed by atoms with Crippen molar-refractivity contribution >= 4 is 11.9 Å². The Morgan fingerprint density at radius 1 is 1.18 bits per heavy atom. The minimum absolute atomic E-state index is 0.0580. The van der Waals surface area contributed by atoms with Crippen LogP contribution < -0.4 is 0 Å². The first-order valence-electron chi connectivity index (χ1n) is 11.7. The standard InChI is InChI=1S/C24H28F3N3O3/c1-14-21(18-6-8-29(17-4-2-3-5-17)13-20(18)33-23(14)32)22(31)30-9-7-19-15(12-30)10-16(11-28-19)24(25,26)27/h10-11,17-18,20H,2-9,12-13H2,1H3. The molecule has 1 aromatic heterocycles. The maximum Gasteiger partial charge on any atom is 0.417 e. The molecule has 1 aromatic rings. The summed E-state index contributed by atoms with van der Waals surface area (Å²) in [4.78, 5) is 34.2. The van der Waals surface area contributed by atoms with E-state index in [4.69, 9.17) is 4.74 Å². The van der Waals surface area contributed by atoms with E-state index in [2.05, 4.69) is 9.88 Å². The van der Waals surface area contributed by atoms with Crippen LogP contribution >= 0.6 is 0 Å². The Balaban J connectivity index is 1.36. The number of halogens is 3. The minimum Gasteiger partial charge on any atom is -0.457 e. The fourth-order valence-electron chi connectivity index (χ4n) is 5.85. The quantitative estimate of drug-likeness (QED) is 0.629. The topological polar surface area (TPSA) is 62.7 Å². The normalized spacial score (nSPS) is 26.8. The zero-order chi connectivity index (χ0) is 23.3. The third-order valence-electron chi connectivity index (χ3n) is 7.66. The lowest BCUT2D eigenvalue weighted by Gasteiger charge is -2.44. The minimum atomic E-state index is -4.49. The molecule has 0 aromatic carbocycles. The fraction of sp³-hybridized carbons (Fsp3) is 0.625. The average molecular weight is 464 g/mol. The lowest BCUT2D eigenvalue weighted by Crippen LogP contribution is -2.53. The predicted molar refractivity (Wildman–Crippen MR) is 113 cm³/mol. The summed E-state index contributed by atoms with van der Waals surface area (Å²) in [5.41, 5.74) is 0.984. The molecule has 2 fully saturated rings. The van der Waals surface area contributed by atoms with Gasteiger partial charge in [0.05, 0.1) is 5.56 Å². The second kappa shape index (κ2) is 8.42. The lowest BCUT2D eigenvalue weighted by atomic mass is 9.81. The van der Waals surface area contributed by atoms with Crippen molar-refractivity contribution in [2.24, 2.45) is 5.92 Å². The number of pyridine rings is 1. The van der Waals surface area contributed by atoms with Crippen LogP contribution in [0.15, 0.2) is 23.4 Å². The number of likely N-dealkylation sites (tertiary alicyclic amines) is 1. The van der Waals surface area contributed by atoms with Crippen molar-refractivity contribution in [3.63, 3.8) is 0 Å². The van der Waals surface area contributed by atoms with Gasteiger partial charge in [0.2, 0.25) is 0 Å². The van der Waals surface area contributed by atoms with E-state index in [1.54, 1.807) is 11.8 Å². The van der Waals surface area contributed by atoms with Gasteiger partial charge in [-0.25, -0.2) is 4.79 Å². The molecule has 5 rings (SSSR count). The van der Waals surface area contributed by atoms with Crippen molar-refractivity contribution in [2.75, 3.05) is 19.6 Å². The summed E-state index contributed by atoms with van der Waals surface area (Å²) in [5.74, 6) is -0.906. The summed E-state index contributed by atoms with van der Waals surface area (Å²) in [5, 5.41) is 0. The van der Waals surface area contributed by atoms with Crippen LogP contribution in [-0.2, 0) is 33.5 Å². The van der Waals surface area contributed by atoms with E-state index in [0.29, 0.717) is 48.0 Å². The van der Waals surface area contributed by atoms with Crippen molar-refractivity contribution < 1.29 is 27.5 Å². The molecule has 2 atom stereocenters. The Morgan fingerprint density at radius 3 is 2.67 bits per heavy atom. The van der Waals surface area contributed by atoms with Gasteiger partial charge in [-0.2, -0.15) is 13.2 Å². The third kappa shape index (κ3) is 4.16. The van der Waals surface area contributed by atoms with Gasteiger partial charge in [-0.1, -0.05) is 12.8 Å². The highest BCUT2D eigenvalue weighted by Gasteiger charge is 2.45. The van der Waals surface area contributed by atoms with Gasteiger partial charge >= 0.3 is 12.1 Å².